The number of H-pyrrole nitrogens is 1. The number of carbonyl (C=O) groups excluding carboxylic acids is 2. The molecule has 1 atom stereocenters. The molecule has 158 valence electrons. The number of amides is 2. The highest BCUT2D eigenvalue weighted by atomic mass is 19.1. The summed E-state index contributed by atoms with van der Waals surface area (Å²) >= 11 is 0. The maximum Gasteiger partial charge on any atom is 0.258 e. The van der Waals surface area contributed by atoms with E-state index in [-0.39, 0.29) is 23.8 Å². The number of benzene rings is 2. The fourth-order valence-corrected chi connectivity index (χ4v) is 3.41. The van der Waals surface area contributed by atoms with Crippen LogP contribution in [0, 0.1) is 19.7 Å². The zero-order valence-corrected chi connectivity index (χ0v) is 16.9. The fourth-order valence-electron chi connectivity index (χ4n) is 3.41. The summed E-state index contributed by atoms with van der Waals surface area (Å²) in [6.07, 6.45) is -0.167. The van der Waals surface area contributed by atoms with Gasteiger partial charge in [-0.15, -0.1) is 0 Å². The van der Waals surface area contributed by atoms with Gasteiger partial charge in [-0.05, 0) is 55.3 Å². The molecule has 9 heteroatoms. The third-order valence-corrected chi connectivity index (χ3v) is 5.03. The fraction of sp³-hybridized carbons (Fsp3) is 0.182. The normalized spacial score (nSPS) is 15.1. The molecule has 0 fully saturated rings. The predicted molar refractivity (Wildman–Crippen MR) is 115 cm³/mol. The second kappa shape index (κ2) is 8.02. The minimum atomic E-state index is -0.986. The molecule has 0 unspecified atom stereocenters. The highest BCUT2D eigenvalue weighted by Crippen LogP contribution is 2.30. The van der Waals surface area contributed by atoms with E-state index in [1.165, 1.54) is 24.3 Å². The standard InChI is InChI=1S/C22H20FN5O3/c1-11-3-4-12(2)16(9-11)25-20(30)15-10-17(29)26-19-18(15)21(31)28-22(27-19)24-14-7-5-13(23)6-8-14/h3-9,15H,10H2,1-2H3,(H,25,30)(H3,24,26,27,28,29,31)/t15-/m0/s1. The van der Waals surface area contributed by atoms with Gasteiger partial charge in [0.2, 0.25) is 17.8 Å². The first kappa shape index (κ1) is 20.3. The van der Waals surface area contributed by atoms with Crippen LogP contribution in [-0.4, -0.2) is 21.8 Å². The van der Waals surface area contributed by atoms with Gasteiger partial charge in [0.15, 0.2) is 0 Å². The first-order chi connectivity index (χ1) is 14.8. The van der Waals surface area contributed by atoms with E-state index in [4.69, 9.17) is 0 Å². The Morgan fingerprint density at radius 2 is 1.87 bits per heavy atom. The summed E-state index contributed by atoms with van der Waals surface area (Å²) < 4.78 is 13.1. The molecule has 2 amide bonds. The summed E-state index contributed by atoms with van der Waals surface area (Å²) in [5.74, 6) is -2.19. The van der Waals surface area contributed by atoms with Gasteiger partial charge in [0.05, 0.1) is 11.5 Å². The van der Waals surface area contributed by atoms with Crippen LogP contribution < -0.4 is 21.5 Å². The van der Waals surface area contributed by atoms with Gasteiger partial charge in [-0.3, -0.25) is 19.4 Å². The number of hydrogen-bond acceptors (Lipinski definition) is 5. The number of aromatic nitrogens is 2. The van der Waals surface area contributed by atoms with E-state index in [2.05, 4.69) is 25.9 Å². The Morgan fingerprint density at radius 3 is 2.61 bits per heavy atom. The van der Waals surface area contributed by atoms with Crippen molar-refractivity contribution in [2.24, 2.45) is 0 Å². The molecule has 8 nitrogen and oxygen atoms in total. The summed E-state index contributed by atoms with van der Waals surface area (Å²) in [6.45, 7) is 3.76. The third-order valence-electron chi connectivity index (χ3n) is 5.03. The zero-order chi connectivity index (χ0) is 22.1. The Bertz CT molecular complexity index is 1240. The molecule has 0 saturated heterocycles. The molecule has 31 heavy (non-hydrogen) atoms. The maximum atomic E-state index is 13.1. The highest BCUT2D eigenvalue weighted by Gasteiger charge is 2.35. The first-order valence-electron chi connectivity index (χ1n) is 9.65. The quantitative estimate of drug-likeness (QED) is 0.516. The average Bonchev–Trinajstić information content (AvgIpc) is 2.71. The van der Waals surface area contributed by atoms with E-state index in [9.17, 15) is 18.8 Å². The molecular formula is C22H20FN5O3. The second-order valence-corrected chi connectivity index (χ2v) is 7.42. The van der Waals surface area contributed by atoms with Crippen LogP contribution in [0.25, 0.3) is 0 Å². The lowest BCUT2D eigenvalue weighted by atomic mass is 9.92. The lowest BCUT2D eigenvalue weighted by Gasteiger charge is -2.24. The van der Waals surface area contributed by atoms with Crippen LogP contribution in [-0.2, 0) is 9.59 Å². The molecule has 0 bridgehead atoms. The minimum Gasteiger partial charge on any atom is -0.326 e. The first-order valence-corrected chi connectivity index (χ1v) is 9.65. The number of hydrogen-bond donors (Lipinski definition) is 4. The Kier molecular flexibility index (Phi) is 5.24. The van der Waals surface area contributed by atoms with Gasteiger partial charge in [-0.25, -0.2) is 4.39 Å². The average molecular weight is 421 g/mol. The number of nitrogens with zero attached hydrogens (tertiary/aromatic N) is 1. The van der Waals surface area contributed by atoms with Gasteiger partial charge < -0.3 is 16.0 Å². The SMILES string of the molecule is Cc1ccc(C)c(NC(=O)[C@H]2CC(=O)Nc3nc(Nc4ccc(F)cc4)[nH]c(=O)c32)c1. The van der Waals surface area contributed by atoms with Gasteiger partial charge >= 0.3 is 0 Å². The molecule has 1 aliphatic rings. The summed E-state index contributed by atoms with van der Waals surface area (Å²) in [6, 6.07) is 11.1. The van der Waals surface area contributed by atoms with Gasteiger partial charge in [-0.2, -0.15) is 4.98 Å². The Morgan fingerprint density at radius 1 is 1.13 bits per heavy atom. The van der Waals surface area contributed by atoms with E-state index in [1.54, 1.807) is 0 Å². The topological polar surface area (TPSA) is 116 Å². The van der Waals surface area contributed by atoms with Crippen molar-refractivity contribution in [2.45, 2.75) is 26.2 Å². The zero-order valence-electron chi connectivity index (χ0n) is 16.9. The van der Waals surface area contributed by atoms with E-state index < -0.39 is 29.1 Å². The molecule has 3 aromatic rings. The van der Waals surface area contributed by atoms with Crippen LogP contribution >= 0.6 is 0 Å². The predicted octanol–water partition coefficient (Wildman–Crippen LogP) is 3.33. The third kappa shape index (κ3) is 4.30. The van der Waals surface area contributed by atoms with Crippen molar-refractivity contribution >= 4 is 35.0 Å². The maximum absolute atomic E-state index is 13.1. The Labute approximate surface area is 176 Å². The van der Waals surface area contributed by atoms with Crippen LogP contribution in [0.15, 0.2) is 47.3 Å². The van der Waals surface area contributed by atoms with Crippen molar-refractivity contribution < 1.29 is 14.0 Å². The lowest BCUT2D eigenvalue weighted by molar-refractivity contribution is -0.123. The number of anilines is 4. The van der Waals surface area contributed by atoms with Crippen molar-refractivity contribution in [1.29, 1.82) is 0 Å². The lowest BCUT2D eigenvalue weighted by Crippen LogP contribution is -2.36. The van der Waals surface area contributed by atoms with E-state index >= 15 is 0 Å². The number of nitrogens with one attached hydrogen (secondary N) is 4. The Balaban J connectivity index is 1.65. The molecule has 1 aromatic heterocycles. The number of aromatic amines is 1. The highest BCUT2D eigenvalue weighted by molar-refractivity contribution is 6.04. The summed E-state index contributed by atoms with van der Waals surface area (Å²) in [7, 11) is 0. The number of fused-ring (bicyclic) bond motifs is 1. The van der Waals surface area contributed by atoms with Crippen molar-refractivity contribution in [3.05, 3.63) is 75.3 Å². The molecule has 2 aromatic carbocycles. The molecule has 2 heterocycles. The van der Waals surface area contributed by atoms with Gasteiger partial charge in [0.1, 0.15) is 11.6 Å². The van der Waals surface area contributed by atoms with Gasteiger partial charge in [0.25, 0.3) is 5.56 Å². The van der Waals surface area contributed by atoms with Crippen LogP contribution in [0.3, 0.4) is 0 Å². The van der Waals surface area contributed by atoms with Gasteiger partial charge in [-0.1, -0.05) is 12.1 Å². The monoisotopic (exact) mass is 421 g/mol. The molecular weight excluding hydrogens is 401 g/mol. The second-order valence-electron chi connectivity index (χ2n) is 7.42. The Hall–Kier alpha value is -4.01. The number of aryl methyl sites for hydroxylation is 2. The molecule has 4 rings (SSSR count). The number of carbonyl (C=O) groups is 2. The van der Waals surface area contributed by atoms with E-state index in [1.807, 2.05) is 32.0 Å². The summed E-state index contributed by atoms with van der Waals surface area (Å²) in [5.41, 5.74) is 2.50. The van der Waals surface area contributed by atoms with Crippen molar-refractivity contribution in [2.75, 3.05) is 16.0 Å². The molecule has 1 aliphatic heterocycles. The molecule has 0 radical (unpaired) electrons. The molecule has 0 spiro atoms. The van der Waals surface area contributed by atoms with Gasteiger partial charge in [0, 0.05) is 17.8 Å². The van der Waals surface area contributed by atoms with Crippen LogP contribution in [0.2, 0.25) is 0 Å². The van der Waals surface area contributed by atoms with E-state index in [0.29, 0.717) is 11.4 Å². The smallest absolute Gasteiger partial charge is 0.258 e. The molecule has 0 saturated carbocycles. The van der Waals surface area contributed by atoms with Crippen LogP contribution in [0.1, 0.15) is 29.0 Å². The minimum absolute atomic E-state index is 0.0192. The van der Waals surface area contributed by atoms with E-state index in [0.717, 1.165) is 11.1 Å². The van der Waals surface area contributed by atoms with Crippen molar-refractivity contribution in [3.8, 4) is 0 Å². The molecule has 0 aliphatic carbocycles. The number of halogens is 1. The largest absolute Gasteiger partial charge is 0.326 e. The van der Waals surface area contributed by atoms with Crippen LogP contribution in [0.5, 0.6) is 0 Å². The van der Waals surface area contributed by atoms with Crippen molar-refractivity contribution in [1.82, 2.24) is 9.97 Å². The summed E-state index contributed by atoms with van der Waals surface area (Å²) in [5, 5.41) is 8.22. The van der Waals surface area contributed by atoms with Crippen LogP contribution in [0.4, 0.5) is 27.5 Å². The number of rotatable bonds is 4. The molecule has 4 N–H and O–H groups in total. The van der Waals surface area contributed by atoms with Crippen molar-refractivity contribution in [3.63, 3.8) is 0 Å². The summed E-state index contributed by atoms with van der Waals surface area (Å²) in [4.78, 5) is 44.8.